The Morgan fingerprint density at radius 1 is 1.13 bits per heavy atom. The van der Waals surface area contributed by atoms with E-state index >= 15 is 0 Å². The van der Waals surface area contributed by atoms with Gasteiger partial charge in [-0.25, -0.2) is 4.99 Å². The molecule has 1 fully saturated rings. The van der Waals surface area contributed by atoms with Crippen molar-refractivity contribution in [3.63, 3.8) is 0 Å². The van der Waals surface area contributed by atoms with E-state index in [1.165, 1.54) is 25.9 Å². The van der Waals surface area contributed by atoms with Crippen molar-refractivity contribution in [3.8, 4) is 0 Å². The molecule has 0 radical (unpaired) electrons. The van der Waals surface area contributed by atoms with Crippen molar-refractivity contribution in [1.29, 1.82) is 0 Å². The van der Waals surface area contributed by atoms with Crippen LogP contribution in [-0.2, 0) is 4.79 Å². The van der Waals surface area contributed by atoms with E-state index in [4.69, 9.17) is 0 Å². The second-order valence-corrected chi connectivity index (χ2v) is 6.35. The van der Waals surface area contributed by atoms with Crippen molar-refractivity contribution in [3.05, 3.63) is 0 Å². The number of piperidine rings is 1. The van der Waals surface area contributed by atoms with Crippen LogP contribution in [0.5, 0.6) is 0 Å². The molecular formula is C17H35N5O. The Morgan fingerprint density at radius 2 is 1.87 bits per heavy atom. The monoisotopic (exact) mass is 325 g/mol. The van der Waals surface area contributed by atoms with Gasteiger partial charge in [0.2, 0.25) is 5.91 Å². The molecule has 0 aromatic rings. The maximum Gasteiger partial charge on any atom is 0.241 e. The first-order chi connectivity index (χ1) is 11.2. The zero-order chi connectivity index (χ0) is 16.9. The third kappa shape index (κ3) is 9.43. The summed E-state index contributed by atoms with van der Waals surface area (Å²) in [5, 5.41) is 9.33. The third-order valence-electron chi connectivity index (χ3n) is 4.12. The fourth-order valence-electron chi connectivity index (χ4n) is 2.61. The van der Waals surface area contributed by atoms with E-state index in [0.29, 0.717) is 6.54 Å². The normalized spacial score (nSPS) is 17.1. The lowest BCUT2D eigenvalue weighted by molar-refractivity contribution is -0.119. The summed E-state index contributed by atoms with van der Waals surface area (Å²) in [4.78, 5) is 18.5. The Kier molecular flexibility index (Phi) is 10.4. The van der Waals surface area contributed by atoms with E-state index in [0.717, 1.165) is 44.4 Å². The minimum Gasteiger partial charge on any atom is -0.357 e. The largest absolute Gasteiger partial charge is 0.357 e. The van der Waals surface area contributed by atoms with Crippen LogP contribution in [0.3, 0.4) is 0 Å². The molecule has 0 unspecified atom stereocenters. The summed E-state index contributed by atoms with van der Waals surface area (Å²) < 4.78 is 0. The lowest BCUT2D eigenvalue weighted by Crippen LogP contribution is -2.40. The van der Waals surface area contributed by atoms with Crippen LogP contribution in [0.25, 0.3) is 0 Å². The Balaban J connectivity index is 2.20. The molecule has 0 atom stereocenters. The topological polar surface area (TPSA) is 68.8 Å². The molecule has 0 aromatic heterocycles. The van der Waals surface area contributed by atoms with Crippen LogP contribution < -0.4 is 16.0 Å². The molecular weight excluding hydrogens is 290 g/mol. The van der Waals surface area contributed by atoms with Gasteiger partial charge in [-0.1, -0.05) is 13.8 Å². The second kappa shape index (κ2) is 12.2. The molecule has 0 spiro atoms. The highest BCUT2D eigenvalue weighted by atomic mass is 16.1. The Labute approximate surface area is 141 Å². The number of carbonyl (C=O) groups is 1. The molecule has 0 aliphatic carbocycles. The van der Waals surface area contributed by atoms with Crippen LogP contribution in [0.1, 0.15) is 46.5 Å². The number of likely N-dealkylation sites (tertiary alicyclic amines) is 1. The third-order valence-corrected chi connectivity index (χ3v) is 4.12. The maximum atomic E-state index is 11.6. The molecule has 6 nitrogen and oxygen atoms in total. The van der Waals surface area contributed by atoms with E-state index < -0.39 is 0 Å². The van der Waals surface area contributed by atoms with Crippen LogP contribution in [0.2, 0.25) is 0 Å². The van der Waals surface area contributed by atoms with Gasteiger partial charge in [0.05, 0.1) is 0 Å². The molecule has 1 amide bonds. The number of aliphatic imine (C=N–C) groups is 1. The van der Waals surface area contributed by atoms with Crippen LogP contribution in [0.15, 0.2) is 4.99 Å². The predicted octanol–water partition coefficient (Wildman–Crippen LogP) is 1.19. The van der Waals surface area contributed by atoms with E-state index in [2.05, 4.69) is 32.8 Å². The molecule has 0 aromatic carbocycles. The molecule has 3 N–H and O–H groups in total. The molecule has 0 bridgehead atoms. The Hall–Kier alpha value is -1.30. The fraction of sp³-hybridized carbons (Fsp3) is 0.882. The van der Waals surface area contributed by atoms with E-state index in [1.807, 2.05) is 13.8 Å². The standard InChI is InChI=1S/C17H35N5O/c1-4-9-19-16(23)14-21-17(18-5-2)20-10-6-11-22-12-7-15(3)8-13-22/h15H,4-14H2,1-3H3,(H,19,23)(H2,18,20,21). The van der Waals surface area contributed by atoms with E-state index in [9.17, 15) is 4.79 Å². The van der Waals surface area contributed by atoms with Gasteiger partial charge in [-0.3, -0.25) is 4.79 Å². The lowest BCUT2D eigenvalue weighted by atomic mass is 9.99. The van der Waals surface area contributed by atoms with Gasteiger partial charge in [0, 0.05) is 19.6 Å². The summed E-state index contributed by atoms with van der Waals surface area (Å²) in [6, 6.07) is 0. The highest BCUT2D eigenvalue weighted by Gasteiger charge is 2.14. The molecule has 1 aliphatic heterocycles. The Morgan fingerprint density at radius 3 is 2.52 bits per heavy atom. The van der Waals surface area contributed by atoms with Gasteiger partial charge >= 0.3 is 0 Å². The van der Waals surface area contributed by atoms with Gasteiger partial charge in [0.25, 0.3) is 0 Å². The first kappa shape index (κ1) is 19.7. The number of amides is 1. The number of hydrogen-bond donors (Lipinski definition) is 3. The molecule has 1 heterocycles. The van der Waals surface area contributed by atoms with Crippen molar-refractivity contribution in [2.45, 2.75) is 46.5 Å². The van der Waals surface area contributed by atoms with Crippen LogP contribution in [-0.4, -0.2) is 62.6 Å². The maximum absolute atomic E-state index is 11.6. The van der Waals surface area contributed by atoms with E-state index in [-0.39, 0.29) is 12.5 Å². The highest BCUT2D eigenvalue weighted by molar-refractivity contribution is 5.84. The smallest absolute Gasteiger partial charge is 0.241 e. The number of nitrogens with zero attached hydrogens (tertiary/aromatic N) is 2. The number of guanidine groups is 1. The van der Waals surface area contributed by atoms with Crippen molar-refractivity contribution in [1.82, 2.24) is 20.9 Å². The SMILES string of the molecule is CCCNC(=O)CN=C(NCC)NCCCN1CCC(C)CC1. The average Bonchev–Trinajstić information content (AvgIpc) is 2.56. The lowest BCUT2D eigenvalue weighted by Gasteiger charge is -2.30. The second-order valence-electron chi connectivity index (χ2n) is 6.35. The van der Waals surface area contributed by atoms with Crippen molar-refractivity contribution in [2.24, 2.45) is 10.9 Å². The van der Waals surface area contributed by atoms with Gasteiger partial charge in [0.15, 0.2) is 5.96 Å². The van der Waals surface area contributed by atoms with Gasteiger partial charge in [0.1, 0.15) is 6.54 Å². The quantitative estimate of drug-likeness (QED) is 0.338. The minimum absolute atomic E-state index is 0.0218. The summed E-state index contributed by atoms with van der Waals surface area (Å²) in [5.41, 5.74) is 0. The van der Waals surface area contributed by atoms with E-state index in [1.54, 1.807) is 0 Å². The van der Waals surface area contributed by atoms with Crippen LogP contribution >= 0.6 is 0 Å². The fourth-order valence-corrected chi connectivity index (χ4v) is 2.61. The van der Waals surface area contributed by atoms with Gasteiger partial charge in [-0.2, -0.15) is 0 Å². The first-order valence-electron chi connectivity index (χ1n) is 9.16. The molecule has 134 valence electrons. The molecule has 6 heteroatoms. The summed E-state index contributed by atoms with van der Waals surface area (Å²) in [5.74, 6) is 1.59. The van der Waals surface area contributed by atoms with Crippen molar-refractivity contribution < 1.29 is 4.79 Å². The first-order valence-corrected chi connectivity index (χ1v) is 9.16. The number of rotatable bonds is 9. The summed E-state index contributed by atoms with van der Waals surface area (Å²) in [7, 11) is 0. The zero-order valence-electron chi connectivity index (χ0n) is 15.2. The molecule has 0 saturated carbocycles. The van der Waals surface area contributed by atoms with Gasteiger partial charge in [-0.15, -0.1) is 0 Å². The zero-order valence-corrected chi connectivity index (χ0v) is 15.2. The predicted molar refractivity (Wildman–Crippen MR) is 96.7 cm³/mol. The van der Waals surface area contributed by atoms with Crippen molar-refractivity contribution in [2.75, 3.05) is 45.8 Å². The molecule has 23 heavy (non-hydrogen) atoms. The average molecular weight is 326 g/mol. The highest BCUT2D eigenvalue weighted by Crippen LogP contribution is 2.15. The molecule has 1 saturated heterocycles. The van der Waals surface area contributed by atoms with Gasteiger partial charge in [-0.05, 0) is 58.2 Å². The van der Waals surface area contributed by atoms with Crippen LogP contribution in [0.4, 0.5) is 0 Å². The minimum atomic E-state index is -0.0218. The van der Waals surface area contributed by atoms with Crippen molar-refractivity contribution >= 4 is 11.9 Å². The number of nitrogens with one attached hydrogen (secondary N) is 3. The number of hydrogen-bond acceptors (Lipinski definition) is 3. The van der Waals surface area contributed by atoms with Gasteiger partial charge < -0.3 is 20.9 Å². The summed E-state index contributed by atoms with van der Waals surface area (Å²) in [6.07, 6.45) is 4.69. The molecule has 1 aliphatic rings. The Bertz CT molecular complexity index is 351. The van der Waals surface area contributed by atoms with Crippen LogP contribution in [0, 0.1) is 5.92 Å². The number of carbonyl (C=O) groups excluding carboxylic acids is 1. The summed E-state index contributed by atoms with van der Waals surface area (Å²) in [6.45, 7) is 12.6. The summed E-state index contributed by atoms with van der Waals surface area (Å²) >= 11 is 0. The molecule has 1 rings (SSSR count).